The van der Waals surface area contributed by atoms with Crippen molar-refractivity contribution in [2.45, 2.75) is 46.2 Å². The molecule has 8 heteroatoms. The van der Waals surface area contributed by atoms with Crippen LogP contribution in [0, 0.1) is 20.8 Å². The molecule has 2 aromatic carbocycles. The molecule has 3 heterocycles. The van der Waals surface area contributed by atoms with Gasteiger partial charge in [0.1, 0.15) is 6.26 Å². The molecule has 2 aromatic heterocycles. The van der Waals surface area contributed by atoms with E-state index in [0.29, 0.717) is 43.3 Å². The largest absolute Gasteiger partial charge is 0.493 e. The highest BCUT2D eigenvalue weighted by Gasteiger charge is 2.34. The summed E-state index contributed by atoms with van der Waals surface area (Å²) in [6.07, 6.45) is 6.14. The van der Waals surface area contributed by atoms with Crippen molar-refractivity contribution in [3.05, 3.63) is 106 Å². The highest BCUT2D eigenvalue weighted by atomic mass is 16.5. The molecule has 0 fully saturated rings. The third-order valence-corrected chi connectivity index (χ3v) is 7.28. The number of nitrogens with zero attached hydrogens (tertiary/aromatic N) is 3. The second kappa shape index (κ2) is 11.6. The Bertz CT molecular complexity index is 1450. The Balaban J connectivity index is 1.47. The van der Waals surface area contributed by atoms with E-state index in [4.69, 9.17) is 13.9 Å². The zero-order valence-electron chi connectivity index (χ0n) is 22.9. The summed E-state index contributed by atoms with van der Waals surface area (Å²) >= 11 is 0. The molecule has 1 atom stereocenters. The summed E-state index contributed by atoms with van der Waals surface area (Å²) in [6.45, 7) is 7.53. The number of urea groups is 1. The number of hydrogen-bond acceptors (Lipinski definition) is 6. The van der Waals surface area contributed by atoms with Crippen molar-refractivity contribution in [3.63, 3.8) is 0 Å². The molecular weight excluding hydrogens is 492 g/mol. The number of aryl methyl sites for hydroxylation is 3. The summed E-state index contributed by atoms with van der Waals surface area (Å²) in [6, 6.07) is 14.1. The van der Waals surface area contributed by atoms with Crippen molar-refractivity contribution < 1.29 is 18.7 Å². The number of amides is 2. The molecule has 2 amide bonds. The van der Waals surface area contributed by atoms with E-state index < -0.39 is 0 Å². The van der Waals surface area contributed by atoms with E-state index in [1.54, 1.807) is 13.3 Å². The smallest absolute Gasteiger partial charge is 0.318 e. The molecule has 1 aliphatic rings. The maximum atomic E-state index is 13.5. The number of hydrogen-bond donors (Lipinski definition) is 1. The van der Waals surface area contributed by atoms with Gasteiger partial charge in [0.2, 0.25) is 0 Å². The van der Waals surface area contributed by atoms with Gasteiger partial charge in [-0.25, -0.2) is 9.78 Å². The van der Waals surface area contributed by atoms with Gasteiger partial charge in [-0.05, 0) is 73.2 Å². The Kier molecular flexibility index (Phi) is 7.81. The Hall–Kier alpha value is -4.33. The summed E-state index contributed by atoms with van der Waals surface area (Å²) < 4.78 is 17.1. The second-order valence-electron chi connectivity index (χ2n) is 9.89. The zero-order chi connectivity index (χ0) is 27.4. The molecule has 0 bridgehead atoms. The normalized spacial score (nSPS) is 14.6. The van der Waals surface area contributed by atoms with Crippen molar-refractivity contribution in [2.75, 3.05) is 20.3 Å². The van der Waals surface area contributed by atoms with Gasteiger partial charge >= 0.3 is 6.03 Å². The van der Waals surface area contributed by atoms with E-state index in [2.05, 4.69) is 59.5 Å². The van der Waals surface area contributed by atoms with Crippen LogP contribution in [0.4, 0.5) is 4.79 Å². The molecule has 0 radical (unpaired) electrons. The predicted molar refractivity (Wildman–Crippen MR) is 148 cm³/mol. The number of rotatable bonds is 8. The predicted octanol–water partition coefficient (Wildman–Crippen LogP) is 5.48. The maximum absolute atomic E-state index is 13.5. The highest BCUT2D eigenvalue weighted by molar-refractivity contribution is 5.76. The van der Waals surface area contributed by atoms with E-state index in [9.17, 15) is 4.79 Å². The first-order valence-corrected chi connectivity index (χ1v) is 13.2. The van der Waals surface area contributed by atoms with Crippen molar-refractivity contribution in [1.29, 1.82) is 0 Å². The Morgan fingerprint density at radius 3 is 2.72 bits per heavy atom. The van der Waals surface area contributed by atoms with Gasteiger partial charge in [0, 0.05) is 24.9 Å². The fourth-order valence-corrected chi connectivity index (χ4v) is 5.23. The number of pyridine rings is 1. The van der Waals surface area contributed by atoms with Crippen LogP contribution in [-0.4, -0.2) is 41.2 Å². The minimum atomic E-state index is -0.277. The summed E-state index contributed by atoms with van der Waals surface area (Å²) in [5.74, 6) is 1.36. The van der Waals surface area contributed by atoms with Crippen LogP contribution in [0.2, 0.25) is 0 Å². The van der Waals surface area contributed by atoms with Crippen LogP contribution in [0.15, 0.2) is 65.7 Å². The fraction of sp³-hybridized carbons (Fsp3) is 0.323. The van der Waals surface area contributed by atoms with Crippen molar-refractivity contribution in [3.8, 4) is 11.5 Å². The van der Waals surface area contributed by atoms with Gasteiger partial charge in [0.25, 0.3) is 0 Å². The lowest BCUT2D eigenvalue weighted by molar-refractivity contribution is 0.179. The number of ether oxygens (including phenoxy) is 2. The number of fused-ring (bicyclic) bond motifs is 1. The lowest BCUT2D eigenvalue weighted by atomic mass is 9.85. The lowest BCUT2D eigenvalue weighted by Gasteiger charge is -2.38. The average Bonchev–Trinajstić information content (AvgIpc) is 3.46. The van der Waals surface area contributed by atoms with Crippen LogP contribution in [0.3, 0.4) is 0 Å². The quantitative estimate of drug-likeness (QED) is 0.327. The van der Waals surface area contributed by atoms with Crippen LogP contribution >= 0.6 is 0 Å². The third kappa shape index (κ3) is 5.74. The maximum Gasteiger partial charge on any atom is 0.318 e. The van der Waals surface area contributed by atoms with Crippen LogP contribution in [0.25, 0.3) is 0 Å². The fourth-order valence-electron chi connectivity index (χ4n) is 5.23. The Morgan fingerprint density at radius 2 is 1.97 bits per heavy atom. The van der Waals surface area contributed by atoms with Gasteiger partial charge in [-0.2, -0.15) is 0 Å². The molecule has 0 aliphatic carbocycles. The number of carbonyl (C=O) groups excluding carboxylic acids is 1. The lowest BCUT2D eigenvalue weighted by Crippen LogP contribution is -2.46. The van der Waals surface area contributed by atoms with Crippen molar-refractivity contribution >= 4 is 6.03 Å². The van der Waals surface area contributed by atoms with E-state index in [1.807, 2.05) is 24.0 Å². The molecule has 8 nitrogen and oxygen atoms in total. The molecule has 1 unspecified atom stereocenters. The molecule has 5 rings (SSSR count). The number of benzene rings is 2. The van der Waals surface area contributed by atoms with E-state index in [0.717, 1.165) is 39.9 Å². The molecule has 1 aliphatic heterocycles. The molecule has 0 saturated heterocycles. The zero-order valence-corrected chi connectivity index (χ0v) is 22.9. The van der Waals surface area contributed by atoms with E-state index in [1.165, 1.54) is 18.2 Å². The van der Waals surface area contributed by atoms with Crippen molar-refractivity contribution in [2.24, 2.45) is 0 Å². The van der Waals surface area contributed by atoms with Gasteiger partial charge in [-0.1, -0.05) is 29.8 Å². The molecular formula is C31H34N4O4. The van der Waals surface area contributed by atoms with Gasteiger partial charge in [0.15, 0.2) is 17.9 Å². The number of methoxy groups -OCH3 is 1. The second-order valence-corrected chi connectivity index (χ2v) is 9.89. The Morgan fingerprint density at radius 1 is 1.10 bits per heavy atom. The summed E-state index contributed by atoms with van der Waals surface area (Å²) in [5, 5.41) is 3.01. The van der Waals surface area contributed by atoms with Crippen molar-refractivity contribution in [1.82, 2.24) is 20.2 Å². The summed E-state index contributed by atoms with van der Waals surface area (Å²) in [5.41, 5.74) is 8.41. The number of nitrogens with one attached hydrogen (secondary N) is 1. The molecule has 0 saturated carbocycles. The van der Waals surface area contributed by atoms with Crippen LogP contribution in [-0.2, 0) is 19.4 Å². The van der Waals surface area contributed by atoms with E-state index in [-0.39, 0.29) is 12.1 Å². The molecule has 202 valence electrons. The van der Waals surface area contributed by atoms with Gasteiger partial charge in [-0.3, -0.25) is 4.98 Å². The number of oxazole rings is 1. The third-order valence-electron chi connectivity index (χ3n) is 7.28. The number of aromatic nitrogens is 2. The first kappa shape index (κ1) is 26.3. The standard InChI is InChI=1S/C31H34N4O4/c1-20-7-8-26(21(2)14-20)30-27-16-29(39-13-10-23-6-5-11-32-22(23)3)28(37-4)15-24(27)9-12-35(30)31(36)33-17-25-18-38-19-34-25/h5-8,11,14-16,18-19,30H,9-10,12-13,17H2,1-4H3,(H,33,36). The van der Waals surface area contributed by atoms with Gasteiger partial charge in [0.05, 0.1) is 32.0 Å². The highest BCUT2D eigenvalue weighted by Crippen LogP contribution is 2.42. The molecule has 39 heavy (non-hydrogen) atoms. The minimum absolute atomic E-state index is 0.154. The summed E-state index contributed by atoms with van der Waals surface area (Å²) in [7, 11) is 1.66. The summed E-state index contributed by atoms with van der Waals surface area (Å²) in [4.78, 5) is 23.9. The van der Waals surface area contributed by atoms with Crippen LogP contribution in [0.1, 0.15) is 50.8 Å². The Labute approximate surface area is 229 Å². The first-order valence-electron chi connectivity index (χ1n) is 13.2. The molecule has 1 N–H and O–H groups in total. The van der Waals surface area contributed by atoms with Gasteiger partial charge in [-0.15, -0.1) is 0 Å². The van der Waals surface area contributed by atoms with Gasteiger partial charge < -0.3 is 24.1 Å². The average molecular weight is 527 g/mol. The molecule has 0 spiro atoms. The molecule has 4 aromatic rings. The van der Waals surface area contributed by atoms with Crippen LogP contribution in [0.5, 0.6) is 11.5 Å². The monoisotopic (exact) mass is 526 g/mol. The SMILES string of the molecule is COc1cc2c(cc1OCCc1cccnc1C)C(c1ccc(C)cc1C)N(C(=O)NCc1cocn1)CC2. The first-order chi connectivity index (χ1) is 18.9. The van der Waals surface area contributed by atoms with Crippen LogP contribution < -0.4 is 14.8 Å². The number of carbonyl (C=O) groups is 1. The van der Waals surface area contributed by atoms with E-state index >= 15 is 0 Å². The minimum Gasteiger partial charge on any atom is -0.493 e. The topological polar surface area (TPSA) is 89.7 Å².